The Morgan fingerprint density at radius 1 is 1.21 bits per heavy atom. The Morgan fingerprint density at radius 2 is 1.79 bits per heavy atom. The van der Waals surface area contributed by atoms with Crippen molar-refractivity contribution in [1.82, 2.24) is 0 Å². The average Bonchev–Trinajstić information content (AvgIpc) is 2.27. The third-order valence-corrected chi connectivity index (χ3v) is 3.60. The van der Waals surface area contributed by atoms with Crippen LogP contribution in [0, 0.1) is 0 Å². The standard InChI is InChI=1S/C14H19ClF3N/c1-4-5-12(19)9-6-10(8-11(15)7-9)13(2,3)14(16,17)18/h6-8,12H,4-5,19H2,1-3H3. The van der Waals surface area contributed by atoms with Gasteiger partial charge in [0.2, 0.25) is 0 Å². The van der Waals surface area contributed by atoms with E-state index in [4.69, 9.17) is 17.3 Å². The van der Waals surface area contributed by atoms with Crippen LogP contribution in [0.4, 0.5) is 13.2 Å². The Bertz CT molecular complexity index is 441. The molecule has 0 saturated heterocycles. The average molecular weight is 294 g/mol. The number of nitrogens with two attached hydrogens (primary N) is 1. The van der Waals surface area contributed by atoms with E-state index in [1.807, 2.05) is 6.92 Å². The van der Waals surface area contributed by atoms with Crippen LogP contribution < -0.4 is 5.73 Å². The first-order valence-corrected chi connectivity index (χ1v) is 6.60. The predicted molar refractivity (Wildman–Crippen MR) is 72.4 cm³/mol. The van der Waals surface area contributed by atoms with Crippen LogP contribution in [-0.4, -0.2) is 6.18 Å². The smallest absolute Gasteiger partial charge is 0.324 e. The minimum absolute atomic E-state index is 0.147. The Balaban J connectivity index is 3.24. The van der Waals surface area contributed by atoms with Gasteiger partial charge in [0.15, 0.2) is 0 Å². The first kappa shape index (κ1) is 16.3. The highest BCUT2D eigenvalue weighted by molar-refractivity contribution is 6.30. The molecule has 0 fully saturated rings. The van der Waals surface area contributed by atoms with Gasteiger partial charge in [0.1, 0.15) is 0 Å². The van der Waals surface area contributed by atoms with Gasteiger partial charge in [0, 0.05) is 11.1 Å². The summed E-state index contributed by atoms with van der Waals surface area (Å²) in [6.45, 7) is 4.27. The van der Waals surface area contributed by atoms with Crippen molar-refractivity contribution in [2.24, 2.45) is 5.73 Å². The largest absolute Gasteiger partial charge is 0.397 e. The molecule has 1 aromatic carbocycles. The van der Waals surface area contributed by atoms with E-state index in [2.05, 4.69) is 0 Å². The molecule has 0 aliphatic heterocycles. The third kappa shape index (κ3) is 3.63. The van der Waals surface area contributed by atoms with Crippen molar-refractivity contribution >= 4 is 11.6 Å². The lowest BCUT2D eigenvalue weighted by Gasteiger charge is -2.29. The third-order valence-electron chi connectivity index (χ3n) is 3.38. The maximum atomic E-state index is 13.1. The molecular weight excluding hydrogens is 275 g/mol. The molecule has 0 aliphatic carbocycles. The highest BCUT2D eigenvalue weighted by atomic mass is 35.5. The molecule has 2 N–H and O–H groups in total. The van der Waals surface area contributed by atoms with E-state index >= 15 is 0 Å². The number of hydrogen-bond acceptors (Lipinski definition) is 1. The van der Waals surface area contributed by atoms with Crippen LogP contribution in [0.15, 0.2) is 18.2 Å². The fourth-order valence-corrected chi connectivity index (χ4v) is 2.07. The summed E-state index contributed by atoms with van der Waals surface area (Å²) in [6, 6.07) is 4.22. The summed E-state index contributed by atoms with van der Waals surface area (Å²) >= 11 is 5.93. The molecule has 5 heteroatoms. The van der Waals surface area contributed by atoms with Crippen molar-refractivity contribution in [3.05, 3.63) is 34.3 Å². The van der Waals surface area contributed by atoms with Gasteiger partial charge in [0.05, 0.1) is 5.41 Å². The summed E-state index contributed by atoms with van der Waals surface area (Å²) in [7, 11) is 0. The fraction of sp³-hybridized carbons (Fsp3) is 0.571. The maximum absolute atomic E-state index is 13.1. The zero-order chi connectivity index (χ0) is 14.8. The second-order valence-corrected chi connectivity index (χ2v) is 5.73. The Kier molecular flexibility index (Phi) is 4.91. The minimum atomic E-state index is -4.33. The predicted octanol–water partition coefficient (Wildman–Crippen LogP) is 4.98. The monoisotopic (exact) mass is 293 g/mol. The van der Waals surface area contributed by atoms with Crippen LogP contribution in [-0.2, 0) is 5.41 Å². The van der Waals surface area contributed by atoms with E-state index in [-0.39, 0.29) is 16.6 Å². The number of alkyl halides is 3. The van der Waals surface area contributed by atoms with E-state index in [1.165, 1.54) is 12.1 Å². The molecule has 19 heavy (non-hydrogen) atoms. The van der Waals surface area contributed by atoms with E-state index < -0.39 is 11.6 Å². The summed E-state index contributed by atoms with van der Waals surface area (Å²) in [5.74, 6) is 0. The molecule has 1 atom stereocenters. The van der Waals surface area contributed by atoms with Crippen LogP contribution in [0.5, 0.6) is 0 Å². The molecule has 0 radical (unpaired) electrons. The summed E-state index contributed by atoms with van der Waals surface area (Å²) < 4.78 is 39.2. The van der Waals surface area contributed by atoms with E-state index in [9.17, 15) is 13.2 Å². The SMILES string of the molecule is CCCC(N)c1cc(Cl)cc(C(C)(C)C(F)(F)F)c1. The highest BCUT2D eigenvalue weighted by Gasteiger charge is 2.48. The quantitative estimate of drug-likeness (QED) is 0.832. The lowest BCUT2D eigenvalue weighted by molar-refractivity contribution is -0.180. The minimum Gasteiger partial charge on any atom is -0.324 e. The summed E-state index contributed by atoms with van der Waals surface area (Å²) in [4.78, 5) is 0. The molecule has 1 nitrogen and oxygen atoms in total. The topological polar surface area (TPSA) is 26.0 Å². The lowest BCUT2D eigenvalue weighted by Crippen LogP contribution is -2.36. The van der Waals surface area contributed by atoms with Gasteiger partial charge in [-0.2, -0.15) is 13.2 Å². The molecule has 108 valence electrons. The highest BCUT2D eigenvalue weighted by Crippen LogP contribution is 2.41. The van der Waals surface area contributed by atoms with E-state index in [0.29, 0.717) is 12.0 Å². The summed E-state index contributed by atoms with van der Waals surface area (Å²) in [5, 5.41) is 0.288. The molecular formula is C14H19ClF3N. The summed E-state index contributed by atoms with van der Waals surface area (Å²) in [6.07, 6.45) is -2.75. The molecule has 0 aliphatic rings. The molecule has 1 unspecified atom stereocenters. The molecule has 0 heterocycles. The molecule has 0 saturated carbocycles. The number of rotatable bonds is 4. The Morgan fingerprint density at radius 3 is 2.26 bits per heavy atom. The van der Waals surface area contributed by atoms with Crippen molar-refractivity contribution in [3.63, 3.8) is 0 Å². The van der Waals surface area contributed by atoms with Crippen molar-refractivity contribution in [1.29, 1.82) is 0 Å². The Labute approximate surface area is 116 Å². The Hall–Kier alpha value is -0.740. The van der Waals surface area contributed by atoms with Gasteiger partial charge in [-0.3, -0.25) is 0 Å². The van der Waals surface area contributed by atoms with Gasteiger partial charge < -0.3 is 5.73 Å². The second kappa shape index (κ2) is 5.71. The van der Waals surface area contributed by atoms with Gasteiger partial charge in [-0.25, -0.2) is 0 Å². The molecule has 0 amide bonds. The number of halogens is 4. The van der Waals surface area contributed by atoms with Gasteiger partial charge in [0.25, 0.3) is 0 Å². The van der Waals surface area contributed by atoms with Crippen molar-refractivity contribution in [2.75, 3.05) is 0 Å². The number of benzene rings is 1. The zero-order valence-corrected chi connectivity index (χ0v) is 12.1. The van der Waals surface area contributed by atoms with Crippen LogP contribution >= 0.6 is 11.6 Å². The van der Waals surface area contributed by atoms with Crippen molar-refractivity contribution in [2.45, 2.75) is 51.2 Å². The van der Waals surface area contributed by atoms with Crippen LogP contribution in [0.1, 0.15) is 50.8 Å². The molecule has 1 aromatic rings. The van der Waals surface area contributed by atoms with Crippen LogP contribution in [0.3, 0.4) is 0 Å². The van der Waals surface area contributed by atoms with E-state index in [1.54, 1.807) is 6.07 Å². The fourth-order valence-electron chi connectivity index (χ4n) is 1.83. The normalized spacial score (nSPS) is 14.5. The van der Waals surface area contributed by atoms with E-state index in [0.717, 1.165) is 20.3 Å². The van der Waals surface area contributed by atoms with Gasteiger partial charge in [-0.05, 0) is 43.5 Å². The zero-order valence-electron chi connectivity index (χ0n) is 11.3. The first-order chi connectivity index (χ1) is 8.59. The molecule has 0 bridgehead atoms. The maximum Gasteiger partial charge on any atom is 0.397 e. The van der Waals surface area contributed by atoms with Gasteiger partial charge >= 0.3 is 6.18 Å². The summed E-state index contributed by atoms with van der Waals surface area (Å²) in [5.41, 5.74) is 4.81. The van der Waals surface area contributed by atoms with Gasteiger partial charge in [-0.15, -0.1) is 0 Å². The first-order valence-electron chi connectivity index (χ1n) is 6.23. The molecule has 1 rings (SSSR count). The van der Waals surface area contributed by atoms with Gasteiger partial charge in [-0.1, -0.05) is 31.0 Å². The number of hydrogen-bond donors (Lipinski definition) is 1. The second-order valence-electron chi connectivity index (χ2n) is 5.29. The van der Waals surface area contributed by atoms with Crippen LogP contribution in [0.2, 0.25) is 5.02 Å². The van der Waals surface area contributed by atoms with Crippen LogP contribution in [0.25, 0.3) is 0 Å². The lowest BCUT2D eigenvalue weighted by atomic mass is 9.82. The van der Waals surface area contributed by atoms with Crippen molar-refractivity contribution < 1.29 is 13.2 Å². The molecule has 0 spiro atoms. The van der Waals surface area contributed by atoms with Crippen molar-refractivity contribution in [3.8, 4) is 0 Å². The molecule has 0 aromatic heterocycles.